The average Bonchev–Trinajstić information content (AvgIpc) is 2.66. The number of carbonyl (C=O) groups excluding carboxylic acids is 2. The summed E-state index contributed by atoms with van der Waals surface area (Å²) in [5.74, 6) is -1.46. The second-order valence-corrected chi connectivity index (χ2v) is 7.22. The lowest BCUT2D eigenvalue weighted by molar-refractivity contribution is -0.123. The highest BCUT2D eigenvalue weighted by Crippen LogP contribution is 2.22. The Balaban J connectivity index is 1.54. The number of primary amides is 1. The van der Waals surface area contributed by atoms with Crippen LogP contribution < -0.4 is 11.1 Å². The van der Waals surface area contributed by atoms with Gasteiger partial charge in [0, 0.05) is 6.54 Å². The quantitative estimate of drug-likeness (QED) is 0.789. The Morgan fingerprint density at radius 1 is 1.00 bits per heavy atom. The number of halogens is 1. The number of hydrogen-bond donors (Lipinski definition) is 2. The minimum absolute atomic E-state index is 0.129. The van der Waals surface area contributed by atoms with Gasteiger partial charge < -0.3 is 11.1 Å². The number of nitrogens with two attached hydrogens (primary N) is 1. The molecule has 1 aliphatic carbocycles. The lowest BCUT2D eigenvalue weighted by Crippen LogP contribution is -2.37. The molecule has 0 heterocycles. The fraction of sp³-hybridized carbons (Fsp3) is 0.364. The molecule has 2 aromatic carbocycles. The Kier molecular flexibility index (Phi) is 6.22. The smallest absolute Gasteiger partial charge is 0.224 e. The molecule has 2 aromatic rings. The van der Waals surface area contributed by atoms with Gasteiger partial charge >= 0.3 is 0 Å². The topological polar surface area (TPSA) is 72.2 Å². The van der Waals surface area contributed by atoms with Gasteiger partial charge in [-0.15, -0.1) is 0 Å². The Morgan fingerprint density at radius 2 is 1.67 bits per heavy atom. The number of amides is 2. The zero-order chi connectivity index (χ0) is 19.2. The van der Waals surface area contributed by atoms with Crippen LogP contribution in [0.2, 0.25) is 0 Å². The molecular weight excluding hydrogens is 343 g/mol. The van der Waals surface area contributed by atoms with Crippen LogP contribution in [0.4, 0.5) is 4.39 Å². The molecule has 5 heteroatoms. The van der Waals surface area contributed by atoms with E-state index in [2.05, 4.69) is 17.4 Å². The monoisotopic (exact) mass is 368 g/mol. The van der Waals surface area contributed by atoms with E-state index in [1.54, 1.807) is 12.1 Å². The van der Waals surface area contributed by atoms with Crippen molar-refractivity contribution in [2.75, 3.05) is 6.54 Å². The van der Waals surface area contributed by atoms with Gasteiger partial charge in [-0.25, -0.2) is 4.39 Å². The molecule has 27 heavy (non-hydrogen) atoms. The van der Waals surface area contributed by atoms with Crippen molar-refractivity contribution in [1.29, 1.82) is 0 Å². The van der Waals surface area contributed by atoms with E-state index in [0.717, 1.165) is 24.0 Å². The molecule has 0 fully saturated rings. The highest BCUT2D eigenvalue weighted by molar-refractivity contribution is 5.81. The van der Waals surface area contributed by atoms with Crippen LogP contribution in [-0.2, 0) is 35.3 Å². The van der Waals surface area contributed by atoms with Gasteiger partial charge in [0.05, 0.1) is 12.3 Å². The van der Waals surface area contributed by atoms with Gasteiger partial charge in [0.25, 0.3) is 0 Å². The summed E-state index contributed by atoms with van der Waals surface area (Å²) < 4.78 is 13.0. The van der Waals surface area contributed by atoms with Gasteiger partial charge in [0.2, 0.25) is 11.8 Å². The van der Waals surface area contributed by atoms with Crippen LogP contribution >= 0.6 is 0 Å². The van der Waals surface area contributed by atoms with E-state index < -0.39 is 11.8 Å². The maximum Gasteiger partial charge on any atom is 0.224 e. The molecule has 0 spiro atoms. The van der Waals surface area contributed by atoms with Crippen LogP contribution in [0.5, 0.6) is 0 Å². The van der Waals surface area contributed by atoms with Gasteiger partial charge in [-0.05, 0) is 66.5 Å². The van der Waals surface area contributed by atoms with Crippen molar-refractivity contribution in [3.05, 3.63) is 70.5 Å². The van der Waals surface area contributed by atoms with Gasteiger partial charge in [0.15, 0.2) is 0 Å². The molecule has 1 aliphatic rings. The molecule has 0 aromatic heterocycles. The first-order valence-electron chi connectivity index (χ1n) is 9.42. The van der Waals surface area contributed by atoms with Crippen molar-refractivity contribution in [1.82, 2.24) is 5.32 Å². The minimum atomic E-state index is -0.525. The Hall–Kier alpha value is -2.69. The van der Waals surface area contributed by atoms with E-state index in [4.69, 9.17) is 5.73 Å². The maximum atomic E-state index is 13.0. The summed E-state index contributed by atoms with van der Waals surface area (Å²) in [5, 5.41) is 2.81. The van der Waals surface area contributed by atoms with Gasteiger partial charge in [-0.1, -0.05) is 30.3 Å². The van der Waals surface area contributed by atoms with Gasteiger partial charge in [-0.3, -0.25) is 9.59 Å². The fourth-order valence-electron chi connectivity index (χ4n) is 3.56. The summed E-state index contributed by atoms with van der Waals surface area (Å²) >= 11 is 0. The van der Waals surface area contributed by atoms with Crippen molar-refractivity contribution in [2.24, 2.45) is 11.7 Å². The lowest BCUT2D eigenvalue weighted by atomic mass is 9.90. The Bertz CT molecular complexity index is 818. The van der Waals surface area contributed by atoms with Crippen LogP contribution in [0.3, 0.4) is 0 Å². The van der Waals surface area contributed by atoms with Crippen molar-refractivity contribution >= 4 is 11.8 Å². The molecule has 0 saturated heterocycles. The van der Waals surface area contributed by atoms with Crippen molar-refractivity contribution in [3.63, 3.8) is 0 Å². The van der Waals surface area contributed by atoms with Crippen molar-refractivity contribution < 1.29 is 14.0 Å². The number of benzene rings is 2. The second kappa shape index (κ2) is 8.80. The molecule has 0 radical (unpaired) electrons. The molecule has 1 unspecified atom stereocenters. The predicted molar refractivity (Wildman–Crippen MR) is 103 cm³/mol. The molecule has 142 valence electrons. The van der Waals surface area contributed by atoms with Gasteiger partial charge in [-0.2, -0.15) is 0 Å². The van der Waals surface area contributed by atoms with Crippen LogP contribution in [0.1, 0.15) is 35.1 Å². The highest BCUT2D eigenvalue weighted by atomic mass is 19.1. The number of nitrogens with one attached hydrogen (secondary N) is 1. The standard InChI is InChI=1S/C22H25FN2O2/c23-20-9-6-15(7-10-20)11-19(22(24)27)14-25-21(26)13-16-5-8-17-3-1-2-4-18(17)12-16/h5-10,12,19H,1-4,11,13-14H2,(H2,24,27)(H,25,26). The molecule has 0 bridgehead atoms. The summed E-state index contributed by atoms with van der Waals surface area (Å²) in [6, 6.07) is 12.2. The van der Waals surface area contributed by atoms with Gasteiger partial charge in [0.1, 0.15) is 5.82 Å². The third-order valence-electron chi connectivity index (χ3n) is 5.12. The fourth-order valence-corrected chi connectivity index (χ4v) is 3.56. The van der Waals surface area contributed by atoms with Crippen LogP contribution in [0.25, 0.3) is 0 Å². The largest absolute Gasteiger partial charge is 0.369 e. The Labute approximate surface area is 159 Å². The Morgan fingerprint density at radius 3 is 2.37 bits per heavy atom. The van der Waals surface area contributed by atoms with E-state index in [0.29, 0.717) is 6.42 Å². The number of fused-ring (bicyclic) bond motifs is 1. The van der Waals surface area contributed by atoms with Crippen LogP contribution in [0, 0.1) is 11.7 Å². The van der Waals surface area contributed by atoms with E-state index in [-0.39, 0.29) is 24.7 Å². The summed E-state index contributed by atoms with van der Waals surface area (Å²) in [5.41, 5.74) is 10.00. The summed E-state index contributed by atoms with van der Waals surface area (Å²) in [6.07, 6.45) is 5.28. The first-order valence-corrected chi connectivity index (χ1v) is 9.42. The van der Waals surface area contributed by atoms with Crippen molar-refractivity contribution in [3.8, 4) is 0 Å². The van der Waals surface area contributed by atoms with Crippen LogP contribution in [0.15, 0.2) is 42.5 Å². The second-order valence-electron chi connectivity index (χ2n) is 7.22. The molecular formula is C22H25FN2O2. The molecule has 2 amide bonds. The number of carbonyl (C=O) groups is 2. The SMILES string of the molecule is NC(=O)C(CNC(=O)Cc1ccc2c(c1)CCCC2)Cc1ccc(F)cc1. The molecule has 4 nitrogen and oxygen atoms in total. The summed E-state index contributed by atoms with van der Waals surface area (Å²) in [4.78, 5) is 24.0. The first kappa shape index (κ1) is 19.1. The van der Waals surface area contributed by atoms with Crippen LogP contribution in [-0.4, -0.2) is 18.4 Å². The number of hydrogen-bond acceptors (Lipinski definition) is 2. The molecule has 0 saturated carbocycles. The van der Waals surface area contributed by atoms with Crippen molar-refractivity contribution in [2.45, 2.75) is 38.5 Å². The molecule has 3 N–H and O–H groups in total. The summed E-state index contributed by atoms with van der Waals surface area (Å²) in [7, 11) is 0. The summed E-state index contributed by atoms with van der Waals surface area (Å²) in [6.45, 7) is 0.177. The number of aryl methyl sites for hydroxylation is 2. The molecule has 0 aliphatic heterocycles. The zero-order valence-corrected chi connectivity index (χ0v) is 15.3. The van der Waals surface area contributed by atoms with E-state index in [9.17, 15) is 14.0 Å². The predicted octanol–water partition coefficient (Wildman–Crippen LogP) is 2.71. The first-order chi connectivity index (χ1) is 13.0. The maximum absolute atomic E-state index is 13.0. The zero-order valence-electron chi connectivity index (χ0n) is 15.3. The normalized spacial score (nSPS) is 14.3. The minimum Gasteiger partial charge on any atom is -0.369 e. The lowest BCUT2D eigenvalue weighted by Gasteiger charge is -2.17. The highest BCUT2D eigenvalue weighted by Gasteiger charge is 2.18. The molecule has 3 rings (SSSR count). The molecule has 1 atom stereocenters. The van der Waals surface area contributed by atoms with E-state index >= 15 is 0 Å². The number of rotatable bonds is 7. The third kappa shape index (κ3) is 5.39. The van der Waals surface area contributed by atoms with E-state index in [1.807, 2.05) is 6.07 Å². The third-order valence-corrected chi connectivity index (χ3v) is 5.12. The average molecular weight is 368 g/mol. The van der Waals surface area contributed by atoms with E-state index in [1.165, 1.54) is 36.1 Å².